The molecule has 31 heavy (non-hydrogen) atoms. The number of aldehydes is 1. The van der Waals surface area contributed by atoms with Crippen molar-refractivity contribution in [1.29, 1.82) is 0 Å². The van der Waals surface area contributed by atoms with Gasteiger partial charge in [0.25, 0.3) is 0 Å². The van der Waals surface area contributed by atoms with Crippen LogP contribution in [0.2, 0.25) is 0 Å². The molecule has 0 unspecified atom stereocenters. The van der Waals surface area contributed by atoms with Crippen LogP contribution in [-0.4, -0.2) is 29.4 Å². The summed E-state index contributed by atoms with van der Waals surface area (Å²) in [6.07, 6.45) is 0.698. The Morgan fingerprint density at radius 3 is 2.19 bits per heavy atom. The van der Waals surface area contributed by atoms with E-state index in [0.29, 0.717) is 28.8 Å². The van der Waals surface area contributed by atoms with Crippen LogP contribution in [-0.2, 0) is 0 Å². The van der Waals surface area contributed by atoms with Crippen molar-refractivity contribution >= 4 is 28.8 Å². The van der Waals surface area contributed by atoms with Gasteiger partial charge in [0.05, 0.1) is 5.39 Å². The first-order valence-corrected chi connectivity index (χ1v) is 10.1. The molecule has 6 nitrogen and oxygen atoms in total. The van der Waals surface area contributed by atoms with E-state index in [-0.39, 0.29) is 5.43 Å². The lowest BCUT2D eigenvalue weighted by atomic mass is 10.1. The normalized spacial score (nSPS) is 10.3. The van der Waals surface area contributed by atoms with E-state index in [1.807, 2.05) is 79.2 Å². The number of fused-ring (bicyclic) bond motifs is 1. The zero-order valence-corrected chi connectivity index (χ0v) is 17.9. The van der Waals surface area contributed by atoms with Crippen molar-refractivity contribution in [2.45, 2.75) is 13.8 Å². The Balaban J connectivity index is 0.000000628. The molecule has 0 aliphatic heterocycles. The molecule has 2 aromatic carbocycles. The van der Waals surface area contributed by atoms with Gasteiger partial charge in [-0.3, -0.25) is 14.2 Å². The summed E-state index contributed by atoms with van der Waals surface area (Å²) in [5, 5.41) is 6.73. The topological polar surface area (TPSA) is 76.0 Å². The summed E-state index contributed by atoms with van der Waals surface area (Å²) >= 11 is 0. The number of hydrogen-bond donors (Lipinski definition) is 2. The van der Waals surface area contributed by atoms with Crippen molar-refractivity contribution in [3.63, 3.8) is 0 Å². The summed E-state index contributed by atoms with van der Waals surface area (Å²) in [4.78, 5) is 28.6. The van der Waals surface area contributed by atoms with Gasteiger partial charge < -0.3 is 10.6 Å². The molecule has 6 heteroatoms. The molecule has 0 bridgehead atoms. The number of aromatic nitrogens is 2. The summed E-state index contributed by atoms with van der Waals surface area (Å²) in [6.45, 7) is 4.96. The SMILES string of the molecule is CCNC.Cc1cc(C=O)nc2c1c(=O)cc(Nc1ccccc1)n2-c1ccccc1. The van der Waals surface area contributed by atoms with Gasteiger partial charge in [-0.05, 0) is 56.4 Å². The van der Waals surface area contributed by atoms with Crippen LogP contribution in [0.3, 0.4) is 0 Å². The molecule has 0 radical (unpaired) electrons. The number of nitrogens with zero attached hydrogens (tertiary/aromatic N) is 2. The van der Waals surface area contributed by atoms with Gasteiger partial charge in [0.1, 0.15) is 11.5 Å². The molecular formula is C25H26N4O2. The fourth-order valence-corrected chi connectivity index (χ4v) is 3.18. The smallest absolute Gasteiger partial charge is 0.193 e. The Labute approximate surface area is 181 Å². The van der Waals surface area contributed by atoms with Gasteiger partial charge in [0.15, 0.2) is 17.4 Å². The molecule has 0 saturated heterocycles. The van der Waals surface area contributed by atoms with Crippen LogP contribution >= 0.6 is 0 Å². The number of para-hydroxylation sites is 2. The van der Waals surface area contributed by atoms with Gasteiger partial charge >= 0.3 is 0 Å². The summed E-state index contributed by atoms with van der Waals surface area (Å²) in [6, 6.07) is 22.4. The monoisotopic (exact) mass is 414 g/mol. The largest absolute Gasteiger partial charge is 0.341 e. The van der Waals surface area contributed by atoms with E-state index >= 15 is 0 Å². The molecular weight excluding hydrogens is 388 g/mol. The Morgan fingerprint density at radius 1 is 1.00 bits per heavy atom. The zero-order valence-electron chi connectivity index (χ0n) is 17.9. The number of rotatable bonds is 5. The first kappa shape index (κ1) is 21.9. The Bertz CT molecular complexity index is 1220. The van der Waals surface area contributed by atoms with Crippen molar-refractivity contribution in [3.8, 4) is 5.69 Å². The minimum Gasteiger partial charge on any atom is -0.341 e. The van der Waals surface area contributed by atoms with E-state index in [0.717, 1.165) is 23.5 Å². The van der Waals surface area contributed by atoms with Gasteiger partial charge in [-0.15, -0.1) is 0 Å². The van der Waals surface area contributed by atoms with Gasteiger partial charge in [-0.2, -0.15) is 0 Å². The molecule has 4 aromatic rings. The predicted molar refractivity (Wildman–Crippen MR) is 127 cm³/mol. The van der Waals surface area contributed by atoms with E-state index in [2.05, 4.69) is 22.5 Å². The lowest BCUT2D eigenvalue weighted by molar-refractivity contribution is 0.111. The number of aryl methyl sites for hydroxylation is 1. The lowest BCUT2D eigenvalue weighted by Gasteiger charge is -2.18. The van der Waals surface area contributed by atoms with E-state index < -0.39 is 0 Å². The summed E-state index contributed by atoms with van der Waals surface area (Å²) in [7, 11) is 1.93. The molecule has 0 saturated carbocycles. The molecule has 2 N–H and O–H groups in total. The van der Waals surface area contributed by atoms with Crippen LogP contribution in [0.15, 0.2) is 77.6 Å². The number of anilines is 2. The molecule has 158 valence electrons. The van der Waals surface area contributed by atoms with Gasteiger partial charge in [-0.1, -0.05) is 43.3 Å². The second-order valence-electron chi connectivity index (χ2n) is 6.94. The maximum absolute atomic E-state index is 12.8. The minimum absolute atomic E-state index is 0.141. The summed E-state index contributed by atoms with van der Waals surface area (Å²) in [5.41, 5.74) is 3.02. The first-order valence-electron chi connectivity index (χ1n) is 10.1. The van der Waals surface area contributed by atoms with Crippen LogP contribution in [0.1, 0.15) is 23.0 Å². The number of carbonyl (C=O) groups excluding carboxylic acids is 1. The summed E-state index contributed by atoms with van der Waals surface area (Å²) < 4.78 is 1.86. The van der Waals surface area contributed by atoms with E-state index in [1.165, 1.54) is 0 Å². The van der Waals surface area contributed by atoms with Crippen LogP contribution in [0.25, 0.3) is 16.7 Å². The van der Waals surface area contributed by atoms with Crippen molar-refractivity contribution < 1.29 is 4.79 Å². The molecule has 4 rings (SSSR count). The Morgan fingerprint density at radius 2 is 1.61 bits per heavy atom. The fraction of sp³-hybridized carbons (Fsp3) is 0.160. The average Bonchev–Trinajstić information content (AvgIpc) is 2.80. The van der Waals surface area contributed by atoms with Gasteiger partial charge in [-0.25, -0.2) is 4.98 Å². The van der Waals surface area contributed by atoms with Crippen LogP contribution < -0.4 is 16.1 Å². The molecule has 0 atom stereocenters. The molecule has 0 spiro atoms. The minimum atomic E-state index is -0.141. The highest BCUT2D eigenvalue weighted by Gasteiger charge is 2.15. The number of benzene rings is 2. The fourth-order valence-electron chi connectivity index (χ4n) is 3.18. The zero-order chi connectivity index (χ0) is 22.2. The second kappa shape index (κ2) is 10.3. The van der Waals surface area contributed by atoms with E-state index in [1.54, 1.807) is 12.1 Å². The average molecular weight is 415 g/mol. The summed E-state index contributed by atoms with van der Waals surface area (Å²) in [5.74, 6) is 0.583. The third kappa shape index (κ3) is 5.05. The molecule has 0 amide bonds. The molecule has 2 heterocycles. The third-order valence-electron chi connectivity index (χ3n) is 4.72. The number of nitrogens with one attached hydrogen (secondary N) is 2. The number of hydrogen-bond acceptors (Lipinski definition) is 5. The number of carbonyl (C=O) groups is 1. The molecule has 0 aliphatic rings. The Hall–Kier alpha value is -3.77. The highest BCUT2D eigenvalue weighted by molar-refractivity contribution is 5.87. The predicted octanol–water partition coefficient (Wildman–Crippen LogP) is 4.48. The van der Waals surface area contributed by atoms with Crippen molar-refractivity contribution in [3.05, 3.63) is 94.3 Å². The maximum Gasteiger partial charge on any atom is 0.193 e. The van der Waals surface area contributed by atoms with Crippen molar-refractivity contribution in [2.24, 2.45) is 0 Å². The Kier molecular flexibility index (Phi) is 7.30. The second-order valence-corrected chi connectivity index (χ2v) is 6.94. The quantitative estimate of drug-likeness (QED) is 0.471. The maximum atomic E-state index is 12.8. The van der Waals surface area contributed by atoms with Gasteiger partial charge in [0, 0.05) is 17.4 Å². The van der Waals surface area contributed by atoms with Crippen molar-refractivity contribution in [1.82, 2.24) is 14.9 Å². The third-order valence-corrected chi connectivity index (χ3v) is 4.72. The van der Waals surface area contributed by atoms with Crippen LogP contribution in [0.4, 0.5) is 11.5 Å². The van der Waals surface area contributed by atoms with Crippen molar-refractivity contribution in [2.75, 3.05) is 18.9 Å². The highest BCUT2D eigenvalue weighted by atomic mass is 16.1. The molecule has 2 aromatic heterocycles. The number of pyridine rings is 2. The van der Waals surface area contributed by atoms with E-state index in [9.17, 15) is 9.59 Å². The van der Waals surface area contributed by atoms with Crippen LogP contribution in [0, 0.1) is 6.92 Å². The van der Waals surface area contributed by atoms with E-state index in [4.69, 9.17) is 0 Å². The highest BCUT2D eigenvalue weighted by Crippen LogP contribution is 2.25. The standard InChI is InChI=1S/C22H17N3O2.C3H9N/c1-15-12-17(14-26)24-22-21(15)19(27)13-20(23-16-8-4-2-5-9-16)25(22)18-10-6-3-7-11-18;1-3-4-2/h2-14,23H,1H3;4H,3H2,1-2H3. The molecule has 0 fully saturated rings. The first-order chi connectivity index (χ1) is 15.1. The van der Waals surface area contributed by atoms with Crippen LogP contribution in [0.5, 0.6) is 0 Å². The lowest BCUT2D eigenvalue weighted by Crippen LogP contribution is -2.15. The van der Waals surface area contributed by atoms with Gasteiger partial charge in [0.2, 0.25) is 0 Å². The molecule has 0 aliphatic carbocycles.